The summed E-state index contributed by atoms with van der Waals surface area (Å²) in [6.45, 7) is 26.8. The fourth-order valence-corrected chi connectivity index (χ4v) is 0. The van der Waals surface area contributed by atoms with E-state index in [0.29, 0.717) is 0 Å². The maximum Gasteiger partial charge on any atom is 0 e. The van der Waals surface area contributed by atoms with Crippen molar-refractivity contribution in [3.05, 3.63) is 39.9 Å². The Hall–Kier alpha value is -1.03. The third-order valence-electron chi connectivity index (χ3n) is 0.0913. The van der Waals surface area contributed by atoms with Crippen LogP contribution in [0.5, 0.6) is 0 Å². The van der Waals surface area contributed by atoms with Crippen molar-refractivity contribution < 1.29 is 66.6 Å². The molecule has 1 N–H and O–H groups in total. The van der Waals surface area contributed by atoms with E-state index in [9.17, 15) is 0 Å². The van der Waals surface area contributed by atoms with Crippen LogP contribution in [-0.4, -0.2) is 11.7 Å². The minimum absolute atomic E-state index is 0. The van der Waals surface area contributed by atoms with Gasteiger partial charge in [0.15, 0.2) is 0 Å². The summed E-state index contributed by atoms with van der Waals surface area (Å²) in [6.07, 6.45) is 4.53. The Morgan fingerprint density at radius 1 is 0.667 bits per heavy atom. The van der Waals surface area contributed by atoms with Crippen LogP contribution in [0.3, 0.4) is 0 Å². The van der Waals surface area contributed by atoms with Crippen molar-refractivity contribution in [2.75, 3.05) is 6.61 Å². The molecule has 18 heavy (non-hydrogen) atoms. The predicted octanol–water partition coefficient (Wildman–Crippen LogP) is -0.618. The predicted molar refractivity (Wildman–Crippen MR) is 39.5 cm³/mol. The number of hydrogen-bond donors (Lipinski definition) is 1. The van der Waals surface area contributed by atoms with E-state index in [2.05, 4.69) is 46.3 Å². The Morgan fingerprint density at radius 3 is 0.722 bits per heavy atom. The van der Waals surface area contributed by atoms with Crippen LogP contribution in [0.15, 0.2) is 0 Å². The molecule has 0 rings (SSSR count). The van der Waals surface area contributed by atoms with Gasteiger partial charge in [-0.15, -0.1) is 6.42 Å². The van der Waals surface area contributed by atoms with Gasteiger partial charge in [0.1, 0.15) is 6.61 Å². The molecule has 2 radical (unpaired) electrons. The molecule has 0 aliphatic carbocycles. The topological polar surface area (TPSA) is 140 Å². The molecule has 7 nitrogen and oxygen atoms in total. The Kier molecular flexibility index (Phi) is 14300. The Balaban J connectivity index is -0.00000000758. The maximum atomic E-state index is 7.64. The zero-order valence-electron chi connectivity index (χ0n) is 8.35. The first-order valence-electron chi connectivity index (χ1n) is 2.18. The smallest absolute Gasteiger partial charge is 0 e. The standard InChI is InChI=1S/C3H4O.6CO.2Co/c1-2-3-4;6*1-2;;/h1,4H,3H2;;;;;;;;. The molecular weight excluding hydrogens is 338 g/mol. The van der Waals surface area contributed by atoms with E-state index in [1.165, 1.54) is 0 Å². The Bertz CT molecular complexity index is 173. The van der Waals surface area contributed by atoms with Gasteiger partial charge in [0.2, 0.25) is 0 Å². The van der Waals surface area contributed by atoms with E-state index in [1.54, 1.807) is 0 Å². The van der Waals surface area contributed by atoms with Crippen LogP contribution in [0.1, 0.15) is 0 Å². The van der Waals surface area contributed by atoms with Crippen LogP contribution < -0.4 is 0 Å². The van der Waals surface area contributed by atoms with Crippen LogP contribution in [0, 0.1) is 52.2 Å². The second-order valence-corrected chi connectivity index (χ2v) is 0.362. The first kappa shape index (κ1) is 68.1. The third kappa shape index (κ3) is 4010000. The Labute approximate surface area is 125 Å². The summed E-state index contributed by atoms with van der Waals surface area (Å²) < 4.78 is 45.0. The number of rotatable bonds is 0. The molecule has 0 unspecified atom stereocenters. The third-order valence-corrected chi connectivity index (χ3v) is 0.0913. The van der Waals surface area contributed by atoms with E-state index < -0.39 is 0 Å². The van der Waals surface area contributed by atoms with Crippen LogP contribution in [0.2, 0.25) is 0 Å². The zero-order chi connectivity index (χ0) is 15.4. The number of aliphatic hydroxyl groups is 1. The first-order valence-corrected chi connectivity index (χ1v) is 2.18. The van der Waals surface area contributed by atoms with Gasteiger partial charge in [-0.2, -0.15) is 0 Å². The molecule has 0 saturated carbocycles. The van der Waals surface area contributed by atoms with Crippen LogP contribution in [0.4, 0.5) is 0 Å². The normalized spacial score (nSPS) is 1.78. The SMILES string of the molecule is C#CCO.[C-]#[O+].[C-]#[O+].[C-]#[O+].[C-]#[O+].[C-]#[O+].[C-]#[O+].[Co].[Co]. The average molecular weight is 342 g/mol. The molecule has 0 aliphatic rings. The van der Waals surface area contributed by atoms with Crippen molar-refractivity contribution in [2.45, 2.75) is 0 Å². The molecule has 0 heterocycles. The van der Waals surface area contributed by atoms with Crippen molar-refractivity contribution in [1.29, 1.82) is 0 Å². The van der Waals surface area contributed by atoms with Gasteiger partial charge >= 0.3 is 67.8 Å². The minimum Gasteiger partial charge on any atom is 0 e. The van der Waals surface area contributed by atoms with Crippen molar-refractivity contribution >= 4 is 0 Å². The molecule has 0 aliphatic heterocycles. The van der Waals surface area contributed by atoms with E-state index in [4.69, 9.17) is 33.0 Å². The molecule has 0 aromatic heterocycles. The molecule has 0 aromatic rings. The molecule has 100 valence electrons. The van der Waals surface area contributed by atoms with Gasteiger partial charge in [0, 0.05) is 33.6 Å². The van der Waals surface area contributed by atoms with Gasteiger partial charge in [-0.1, -0.05) is 5.92 Å². The fraction of sp³-hybridized carbons (Fsp3) is 0.111. The molecular formula is C9H4Co2O7. The fourth-order valence-electron chi connectivity index (χ4n) is 0. The second kappa shape index (κ2) is 3780. The summed E-state index contributed by atoms with van der Waals surface area (Å²) in [5.74, 6) is 1.99. The van der Waals surface area contributed by atoms with Crippen LogP contribution >= 0.6 is 0 Å². The molecule has 0 atom stereocenters. The largest absolute Gasteiger partial charge is 0 e. The monoisotopic (exact) mass is 342 g/mol. The van der Waals surface area contributed by atoms with Gasteiger partial charge in [-0.05, 0) is 0 Å². The molecule has 0 fully saturated rings. The van der Waals surface area contributed by atoms with Crippen LogP contribution in [0.25, 0.3) is 0 Å². The molecule has 0 bridgehead atoms. The van der Waals surface area contributed by atoms with Gasteiger partial charge in [0.05, 0.1) is 0 Å². The molecule has 0 saturated heterocycles. The van der Waals surface area contributed by atoms with Crippen molar-refractivity contribution in [3.63, 3.8) is 0 Å². The number of hydrogen-bond acceptors (Lipinski definition) is 1. The van der Waals surface area contributed by atoms with Gasteiger partial charge in [0.25, 0.3) is 0 Å². The minimum atomic E-state index is -0.153. The summed E-state index contributed by atoms with van der Waals surface area (Å²) in [7, 11) is 0. The quantitative estimate of drug-likeness (QED) is 0.350. The summed E-state index contributed by atoms with van der Waals surface area (Å²) in [4.78, 5) is 0. The maximum absolute atomic E-state index is 7.64. The molecule has 9 heteroatoms. The average Bonchev–Trinajstić information content (AvgIpc) is 2.51. The first-order chi connectivity index (χ1) is 7.91. The Morgan fingerprint density at radius 2 is 0.722 bits per heavy atom. The van der Waals surface area contributed by atoms with E-state index in [0.717, 1.165) is 0 Å². The zero-order valence-corrected chi connectivity index (χ0v) is 10.4. The summed E-state index contributed by atoms with van der Waals surface area (Å²) in [6, 6.07) is 0. The number of aliphatic hydroxyl groups excluding tert-OH is 1. The van der Waals surface area contributed by atoms with Gasteiger partial charge < -0.3 is 5.11 Å². The summed E-state index contributed by atoms with van der Waals surface area (Å²) >= 11 is 0. The van der Waals surface area contributed by atoms with E-state index in [1.807, 2.05) is 5.92 Å². The van der Waals surface area contributed by atoms with Crippen molar-refractivity contribution in [2.24, 2.45) is 0 Å². The summed E-state index contributed by atoms with van der Waals surface area (Å²) in [5, 5.41) is 7.64. The molecule has 0 aromatic carbocycles. The second-order valence-electron chi connectivity index (χ2n) is 0.362. The van der Waals surface area contributed by atoms with Gasteiger partial charge in [-0.25, -0.2) is 0 Å². The van der Waals surface area contributed by atoms with Crippen molar-refractivity contribution in [1.82, 2.24) is 0 Å². The summed E-state index contributed by atoms with van der Waals surface area (Å²) in [5.41, 5.74) is 0. The number of terminal acetylenes is 1. The van der Waals surface area contributed by atoms with Crippen molar-refractivity contribution in [3.8, 4) is 12.3 Å². The van der Waals surface area contributed by atoms with E-state index in [-0.39, 0.29) is 40.2 Å². The van der Waals surface area contributed by atoms with Gasteiger partial charge in [-0.3, -0.25) is 0 Å². The van der Waals surface area contributed by atoms with E-state index >= 15 is 0 Å². The van der Waals surface area contributed by atoms with Crippen LogP contribution in [-0.2, 0) is 61.5 Å². The molecule has 0 amide bonds. The molecule has 0 spiro atoms.